The Balaban J connectivity index is 1.34. The SMILES string of the molecule is CN(Cc1ccncc1)C(=O)NC[C@@H]1C[C@]12CCCc1ccccc12. The molecular formula is C21H25N3O. The Labute approximate surface area is 149 Å². The van der Waals surface area contributed by atoms with Crippen LogP contribution in [0.5, 0.6) is 0 Å². The second-order valence-corrected chi connectivity index (χ2v) is 7.47. The van der Waals surface area contributed by atoms with E-state index in [9.17, 15) is 4.79 Å². The maximum Gasteiger partial charge on any atom is 0.317 e. The van der Waals surface area contributed by atoms with E-state index in [-0.39, 0.29) is 6.03 Å². The summed E-state index contributed by atoms with van der Waals surface area (Å²) in [4.78, 5) is 18.1. The van der Waals surface area contributed by atoms with Gasteiger partial charge >= 0.3 is 6.03 Å². The fourth-order valence-corrected chi connectivity index (χ4v) is 4.42. The minimum Gasteiger partial charge on any atom is -0.338 e. The summed E-state index contributed by atoms with van der Waals surface area (Å²) in [6.45, 7) is 1.38. The fourth-order valence-electron chi connectivity index (χ4n) is 4.42. The molecule has 1 spiro atoms. The summed E-state index contributed by atoms with van der Waals surface area (Å²) in [5, 5.41) is 3.14. The number of urea groups is 1. The van der Waals surface area contributed by atoms with E-state index >= 15 is 0 Å². The number of nitrogens with zero attached hydrogens (tertiary/aromatic N) is 2. The van der Waals surface area contributed by atoms with E-state index in [1.54, 1.807) is 17.3 Å². The number of hydrogen-bond acceptors (Lipinski definition) is 2. The number of carbonyl (C=O) groups excluding carboxylic acids is 1. The van der Waals surface area contributed by atoms with E-state index in [1.807, 2.05) is 19.2 Å². The number of fused-ring (bicyclic) bond motifs is 2. The lowest BCUT2D eigenvalue weighted by molar-refractivity contribution is 0.206. The summed E-state index contributed by atoms with van der Waals surface area (Å²) in [5.74, 6) is 0.576. The molecule has 1 heterocycles. The third kappa shape index (κ3) is 3.13. The molecular weight excluding hydrogens is 310 g/mol. The highest BCUT2D eigenvalue weighted by Crippen LogP contribution is 2.59. The Hall–Kier alpha value is -2.36. The lowest BCUT2D eigenvalue weighted by atomic mass is 9.78. The average molecular weight is 335 g/mol. The van der Waals surface area contributed by atoms with Crippen LogP contribution >= 0.6 is 0 Å². The molecule has 0 radical (unpaired) electrons. The molecule has 1 fully saturated rings. The molecule has 1 aromatic carbocycles. The molecule has 2 aliphatic carbocycles. The van der Waals surface area contributed by atoms with Gasteiger partial charge in [-0.1, -0.05) is 24.3 Å². The molecule has 0 bridgehead atoms. The maximum atomic E-state index is 12.4. The quantitative estimate of drug-likeness (QED) is 0.929. The molecule has 1 N–H and O–H groups in total. The van der Waals surface area contributed by atoms with Crippen molar-refractivity contribution in [3.63, 3.8) is 0 Å². The molecule has 0 saturated heterocycles. The van der Waals surface area contributed by atoms with Crippen LogP contribution in [0.15, 0.2) is 48.8 Å². The van der Waals surface area contributed by atoms with E-state index in [2.05, 4.69) is 34.6 Å². The van der Waals surface area contributed by atoms with Gasteiger partial charge in [0.05, 0.1) is 0 Å². The fraction of sp³-hybridized carbons (Fsp3) is 0.429. The number of pyridine rings is 1. The molecule has 2 aliphatic rings. The summed E-state index contributed by atoms with van der Waals surface area (Å²) in [7, 11) is 1.84. The monoisotopic (exact) mass is 335 g/mol. The zero-order chi connectivity index (χ0) is 17.3. The maximum absolute atomic E-state index is 12.4. The minimum absolute atomic E-state index is 0.00274. The Kier molecular flexibility index (Phi) is 4.20. The third-order valence-electron chi connectivity index (χ3n) is 5.87. The zero-order valence-electron chi connectivity index (χ0n) is 14.7. The van der Waals surface area contributed by atoms with Gasteiger partial charge in [-0.05, 0) is 60.4 Å². The van der Waals surface area contributed by atoms with Crippen LogP contribution in [0.3, 0.4) is 0 Å². The summed E-state index contributed by atoms with van der Waals surface area (Å²) in [5.41, 5.74) is 4.46. The average Bonchev–Trinajstić information content (AvgIpc) is 3.34. The van der Waals surface area contributed by atoms with Gasteiger partial charge in [0.1, 0.15) is 0 Å². The van der Waals surface area contributed by atoms with E-state index in [0.717, 1.165) is 12.1 Å². The first-order chi connectivity index (χ1) is 12.2. The van der Waals surface area contributed by atoms with Gasteiger partial charge in [-0.15, -0.1) is 0 Å². The van der Waals surface area contributed by atoms with Gasteiger partial charge < -0.3 is 10.2 Å². The van der Waals surface area contributed by atoms with Crippen LogP contribution in [0, 0.1) is 5.92 Å². The number of rotatable bonds is 4. The highest BCUT2D eigenvalue weighted by atomic mass is 16.2. The molecule has 0 aliphatic heterocycles. The summed E-state index contributed by atoms with van der Waals surface area (Å²) in [6, 6.07) is 12.8. The Morgan fingerprint density at radius 3 is 2.92 bits per heavy atom. The van der Waals surface area contributed by atoms with Gasteiger partial charge in [0, 0.05) is 37.9 Å². The predicted octanol–water partition coefficient (Wildman–Crippen LogP) is 3.52. The number of carbonyl (C=O) groups is 1. The van der Waals surface area contributed by atoms with Gasteiger partial charge in [0.25, 0.3) is 0 Å². The van der Waals surface area contributed by atoms with Crippen molar-refractivity contribution in [1.82, 2.24) is 15.2 Å². The Morgan fingerprint density at radius 1 is 1.28 bits per heavy atom. The van der Waals surface area contributed by atoms with Gasteiger partial charge in [-0.25, -0.2) is 4.79 Å². The van der Waals surface area contributed by atoms with Crippen LogP contribution in [-0.4, -0.2) is 29.5 Å². The van der Waals surface area contributed by atoms with Crippen molar-refractivity contribution in [3.05, 3.63) is 65.5 Å². The third-order valence-corrected chi connectivity index (χ3v) is 5.87. The molecule has 4 nitrogen and oxygen atoms in total. The lowest BCUT2D eigenvalue weighted by Crippen LogP contribution is -2.38. The number of amides is 2. The number of nitrogens with one attached hydrogen (secondary N) is 1. The lowest BCUT2D eigenvalue weighted by Gasteiger charge is -2.27. The number of benzene rings is 1. The molecule has 1 saturated carbocycles. The molecule has 2 atom stereocenters. The van der Waals surface area contributed by atoms with Crippen LogP contribution in [0.1, 0.15) is 36.0 Å². The molecule has 4 rings (SSSR count). The van der Waals surface area contributed by atoms with Gasteiger partial charge in [-0.2, -0.15) is 0 Å². The molecule has 25 heavy (non-hydrogen) atoms. The van der Waals surface area contributed by atoms with Crippen molar-refractivity contribution >= 4 is 6.03 Å². The van der Waals surface area contributed by atoms with Crippen molar-refractivity contribution in [1.29, 1.82) is 0 Å². The second-order valence-electron chi connectivity index (χ2n) is 7.47. The summed E-state index contributed by atoms with van der Waals surface area (Å²) in [6.07, 6.45) is 8.45. The smallest absolute Gasteiger partial charge is 0.317 e. The van der Waals surface area contributed by atoms with Gasteiger partial charge in [-0.3, -0.25) is 4.98 Å². The van der Waals surface area contributed by atoms with Crippen molar-refractivity contribution < 1.29 is 4.79 Å². The van der Waals surface area contributed by atoms with Crippen molar-refractivity contribution in [2.75, 3.05) is 13.6 Å². The van der Waals surface area contributed by atoms with Crippen LogP contribution in [0.25, 0.3) is 0 Å². The van der Waals surface area contributed by atoms with Crippen molar-refractivity contribution in [3.8, 4) is 0 Å². The molecule has 0 unspecified atom stereocenters. The van der Waals surface area contributed by atoms with E-state index in [1.165, 1.54) is 36.8 Å². The highest BCUT2D eigenvalue weighted by molar-refractivity contribution is 5.74. The standard InChI is InChI=1S/C21H25N3O/c1-24(15-16-8-11-22-12-9-16)20(25)23-14-18-13-21(18)10-4-6-17-5-2-3-7-19(17)21/h2-3,5,7-9,11-12,18H,4,6,10,13-15H2,1H3,(H,23,25)/t18-,21+/m0/s1. The van der Waals surface area contributed by atoms with Crippen molar-refractivity contribution in [2.24, 2.45) is 5.92 Å². The molecule has 130 valence electrons. The molecule has 2 amide bonds. The number of aromatic nitrogens is 1. The summed E-state index contributed by atoms with van der Waals surface area (Å²) >= 11 is 0. The highest BCUT2D eigenvalue weighted by Gasteiger charge is 2.56. The predicted molar refractivity (Wildman–Crippen MR) is 98.3 cm³/mol. The van der Waals surface area contributed by atoms with Crippen LogP contribution in [0.2, 0.25) is 0 Å². The van der Waals surface area contributed by atoms with Crippen LogP contribution < -0.4 is 5.32 Å². The molecule has 2 aromatic rings. The number of hydrogen-bond donors (Lipinski definition) is 1. The Bertz CT molecular complexity index is 761. The van der Waals surface area contributed by atoms with Crippen LogP contribution in [-0.2, 0) is 18.4 Å². The van der Waals surface area contributed by atoms with Crippen LogP contribution in [0.4, 0.5) is 4.79 Å². The topological polar surface area (TPSA) is 45.2 Å². The second kappa shape index (κ2) is 6.51. The normalized spacial score (nSPS) is 23.8. The zero-order valence-corrected chi connectivity index (χ0v) is 14.7. The summed E-state index contributed by atoms with van der Waals surface area (Å²) < 4.78 is 0. The number of aryl methyl sites for hydroxylation is 1. The molecule has 1 aromatic heterocycles. The van der Waals surface area contributed by atoms with E-state index < -0.39 is 0 Å². The first-order valence-electron chi connectivity index (χ1n) is 9.15. The minimum atomic E-state index is 0.00274. The largest absolute Gasteiger partial charge is 0.338 e. The van der Waals surface area contributed by atoms with Gasteiger partial charge in [0.2, 0.25) is 0 Å². The first-order valence-corrected chi connectivity index (χ1v) is 9.15. The van der Waals surface area contributed by atoms with Gasteiger partial charge in [0.15, 0.2) is 0 Å². The van der Waals surface area contributed by atoms with E-state index in [0.29, 0.717) is 17.9 Å². The van der Waals surface area contributed by atoms with Crippen molar-refractivity contribution in [2.45, 2.75) is 37.6 Å². The Morgan fingerprint density at radius 2 is 2.08 bits per heavy atom. The first kappa shape index (κ1) is 16.1. The molecule has 4 heteroatoms. The van der Waals surface area contributed by atoms with E-state index in [4.69, 9.17) is 0 Å².